The molecule has 0 bridgehead atoms. The predicted octanol–water partition coefficient (Wildman–Crippen LogP) is 1.96. The molecule has 0 heterocycles. The van der Waals surface area contributed by atoms with Crippen molar-refractivity contribution >= 4 is 11.7 Å². The van der Waals surface area contributed by atoms with Gasteiger partial charge in [-0.15, -0.1) is 0 Å². The smallest absolute Gasteiger partial charge is 0.222 e. The summed E-state index contributed by atoms with van der Waals surface area (Å²) in [6.45, 7) is 1.53. The van der Waals surface area contributed by atoms with Gasteiger partial charge < -0.3 is 20.6 Å². The molecule has 0 atom stereocenters. The van der Waals surface area contributed by atoms with E-state index in [1.807, 2.05) is 0 Å². The van der Waals surface area contributed by atoms with Crippen molar-refractivity contribution in [3.63, 3.8) is 0 Å². The van der Waals surface area contributed by atoms with Gasteiger partial charge in [0.25, 0.3) is 0 Å². The van der Waals surface area contributed by atoms with Gasteiger partial charge in [-0.25, -0.2) is 0 Å². The molecule has 1 saturated carbocycles. The van der Waals surface area contributed by atoms with Crippen molar-refractivity contribution in [2.24, 2.45) is 16.8 Å². The van der Waals surface area contributed by atoms with Gasteiger partial charge in [-0.2, -0.15) is 0 Å². The number of carbonyl (C=O) groups is 1. The first kappa shape index (κ1) is 17.8. The number of ether oxygens (including phenoxy) is 1. The molecule has 0 radical (unpaired) electrons. The highest BCUT2D eigenvalue weighted by Crippen LogP contribution is 2.27. The van der Waals surface area contributed by atoms with Gasteiger partial charge in [-0.1, -0.05) is 37.3 Å². The molecule has 3 N–H and O–H groups in total. The van der Waals surface area contributed by atoms with Crippen molar-refractivity contribution in [1.82, 2.24) is 4.90 Å². The molecule has 0 spiro atoms. The van der Waals surface area contributed by atoms with Crippen LogP contribution in [0.1, 0.15) is 51.4 Å². The van der Waals surface area contributed by atoms with E-state index in [0.29, 0.717) is 38.5 Å². The topological polar surface area (TPSA) is 88.2 Å². The van der Waals surface area contributed by atoms with Crippen LogP contribution >= 0.6 is 0 Å². The normalized spacial score (nSPS) is 16.9. The Morgan fingerprint density at radius 1 is 1.29 bits per heavy atom. The zero-order valence-electron chi connectivity index (χ0n) is 13.1. The Hall–Kier alpha value is -1.30. The number of methoxy groups -OCH3 is 1. The van der Waals surface area contributed by atoms with Crippen LogP contribution in [-0.2, 0) is 9.53 Å². The number of amides is 1. The first-order chi connectivity index (χ1) is 10.2. The Morgan fingerprint density at radius 3 is 2.62 bits per heavy atom. The van der Waals surface area contributed by atoms with Gasteiger partial charge in [0, 0.05) is 33.0 Å². The molecule has 0 aromatic carbocycles. The second-order valence-corrected chi connectivity index (χ2v) is 5.76. The summed E-state index contributed by atoms with van der Waals surface area (Å²) in [7, 11) is 1.62. The Bertz CT molecular complexity index is 328. The van der Waals surface area contributed by atoms with Crippen LogP contribution in [0.4, 0.5) is 0 Å². The lowest BCUT2D eigenvalue weighted by Crippen LogP contribution is -2.36. The van der Waals surface area contributed by atoms with Crippen LogP contribution in [0, 0.1) is 5.92 Å². The van der Waals surface area contributed by atoms with Crippen LogP contribution in [0.3, 0.4) is 0 Å². The molecule has 0 aromatic heterocycles. The molecule has 21 heavy (non-hydrogen) atoms. The van der Waals surface area contributed by atoms with Crippen LogP contribution in [-0.4, -0.2) is 48.7 Å². The van der Waals surface area contributed by atoms with Crippen molar-refractivity contribution in [2.75, 3.05) is 26.8 Å². The van der Waals surface area contributed by atoms with E-state index in [1.54, 1.807) is 12.0 Å². The Balaban J connectivity index is 2.37. The number of hydrogen-bond donors (Lipinski definition) is 2. The maximum Gasteiger partial charge on any atom is 0.222 e. The number of rotatable bonds is 9. The first-order valence-electron chi connectivity index (χ1n) is 7.90. The number of carbonyl (C=O) groups excluding carboxylic acids is 1. The number of nitrogens with zero attached hydrogens (tertiary/aromatic N) is 2. The molecular weight excluding hydrogens is 270 g/mol. The third-order valence-electron chi connectivity index (χ3n) is 4.18. The molecule has 1 rings (SSSR count). The van der Waals surface area contributed by atoms with E-state index < -0.39 is 0 Å². The summed E-state index contributed by atoms with van der Waals surface area (Å²) >= 11 is 0. The third-order valence-corrected chi connectivity index (χ3v) is 4.18. The van der Waals surface area contributed by atoms with Crippen molar-refractivity contribution in [1.29, 1.82) is 0 Å². The maximum absolute atomic E-state index is 12.3. The molecule has 0 aliphatic heterocycles. The molecule has 6 heteroatoms. The zero-order chi connectivity index (χ0) is 15.5. The first-order valence-corrected chi connectivity index (χ1v) is 7.90. The lowest BCUT2D eigenvalue weighted by atomic mass is 9.86. The fourth-order valence-corrected chi connectivity index (χ4v) is 2.82. The van der Waals surface area contributed by atoms with Gasteiger partial charge >= 0.3 is 0 Å². The molecule has 1 fully saturated rings. The number of amidine groups is 1. The minimum Gasteiger partial charge on any atom is -0.409 e. The predicted molar refractivity (Wildman–Crippen MR) is 82.3 cm³/mol. The summed E-state index contributed by atoms with van der Waals surface area (Å²) in [6.07, 6.45) is 8.41. The fraction of sp³-hybridized carbons (Fsp3) is 0.867. The van der Waals surface area contributed by atoms with E-state index >= 15 is 0 Å². The summed E-state index contributed by atoms with van der Waals surface area (Å²) in [5.74, 6) is 0.997. The maximum atomic E-state index is 12.3. The highest BCUT2D eigenvalue weighted by Gasteiger charge is 2.18. The summed E-state index contributed by atoms with van der Waals surface area (Å²) in [5, 5.41) is 11.5. The summed E-state index contributed by atoms with van der Waals surface area (Å²) in [5.41, 5.74) is 5.47. The number of nitrogens with two attached hydrogens (primary N) is 1. The summed E-state index contributed by atoms with van der Waals surface area (Å²) in [6, 6.07) is 0. The molecule has 1 aliphatic rings. The highest BCUT2D eigenvalue weighted by molar-refractivity contribution is 5.81. The van der Waals surface area contributed by atoms with Crippen LogP contribution < -0.4 is 5.73 Å². The molecule has 6 nitrogen and oxygen atoms in total. The van der Waals surface area contributed by atoms with Crippen LogP contribution in [0.15, 0.2) is 5.16 Å². The van der Waals surface area contributed by atoms with Gasteiger partial charge in [0.2, 0.25) is 5.91 Å². The summed E-state index contributed by atoms with van der Waals surface area (Å²) < 4.78 is 5.05. The zero-order valence-corrected chi connectivity index (χ0v) is 13.1. The molecule has 0 unspecified atom stereocenters. The highest BCUT2D eigenvalue weighted by atomic mass is 16.5. The summed E-state index contributed by atoms with van der Waals surface area (Å²) in [4.78, 5) is 14.1. The second-order valence-electron chi connectivity index (χ2n) is 5.76. The molecule has 1 amide bonds. The van der Waals surface area contributed by atoms with Gasteiger partial charge in [-0.3, -0.25) is 4.79 Å². The fourth-order valence-electron chi connectivity index (χ4n) is 2.82. The van der Waals surface area contributed by atoms with Crippen LogP contribution in [0.5, 0.6) is 0 Å². The second kappa shape index (κ2) is 10.4. The van der Waals surface area contributed by atoms with E-state index in [2.05, 4.69) is 5.16 Å². The van der Waals surface area contributed by atoms with Crippen molar-refractivity contribution in [3.8, 4) is 0 Å². The monoisotopic (exact) mass is 299 g/mol. The van der Waals surface area contributed by atoms with E-state index in [9.17, 15) is 4.79 Å². The Morgan fingerprint density at radius 2 is 2.00 bits per heavy atom. The largest absolute Gasteiger partial charge is 0.409 e. The van der Waals surface area contributed by atoms with Crippen molar-refractivity contribution in [3.05, 3.63) is 0 Å². The molecular formula is C15H29N3O3. The van der Waals surface area contributed by atoms with E-state index in [0.717, 1.165) is 6.42 Å². The van der Waals surface area contributed by atoms with Gasteiger partial charge in [0.05, 0.1) is 6.61 Å². The molecule has 122 valence electrons. The third kappa shape index (κ3) is 7.32. The van der Waals surface area contributed by atoms with E-state index in [4.69, 9.17) is 15.7 Å². The van der Waals surface area contributed by atoms with Crippen LogP contribution in [0.2, 0.25) is 0 Å². The Labute approximate surface area is 127 Å². The standard InChI is InChI=1S/C15H29N3O3/c1-21-12-11-18(10-9-14(16)17-20)15(19)8-7-13-5-3-2-4-6-13/h13,20H,2-12H2,1H3,(H2,16,17). The Kier molecular flexibility index (Phi) is 8.82. The molecule has 0 aromatic rings. The lowest BCUT2D eigenvalue weighted by molar-refractivity contribution is -0.132. The van der Waals surface area contributed by atoms with Gasteiger partial charge in [-0.05, 0) is 12.3 Å². The minimum atomic E-state index is 0.142. The number of hydrogen-bond acceptors (Lipinski definition) is 4. The molecule has 0 saturated heterocycles. The lowest BCUT2D eigenvalue weighted by Gasteiger charge is -2.25. The minimum absolute atomic E-state index is 0.142. The van der Waals surface area contributed by atoms with Gasteiger partial charge in [0.1, 0.15) is 5.84 Å². The van der Waals surface area contributed by atoms with Crippen molar-refractivity contribution < 1.29 is 14.7 Å². The van der Waals surface area contributed by atoms with E-state index in [-0.39, 0.29) is 11.7 Å². The quantitative estimate of drug-likeness (QED) is 0.295. The number of oxime groups is 1. The van der Waals surface area contributed by atoms with Crippen LogP contribution in [0.25, 0.3) is 0 Å². The average molecular weight is 299 g/mol. The van der Waals surface area contributed by atoms with Crippen molar-refractivity contribution in [2.45, 2.75) is 51.4 Å². The average Bonchev–Trinajstić information content (AvgIpc) is 2.53. The molecule has 1 aliphatic carbocycles. The SMILES string of the molecule is COCCN(CCC(N)=NO)C(=O)CCC1CCCCC1. The van der Waals surface area contributed by atoms with E-state index in [1.165, 1.54) is 32.1 Å². The van der Waals surface area contributed by atoms with Gasteiger partial charge in [0.15, 0.2) is 0 Å².